The number of piperidine rings is 1. The summed E-state index contributed by atoms with van der Waals surface area (Å²) in [6.45, 7) is 0. The zero-order chi connectivity index (χ0) is 8.72. The number of hydrogen-bond acceptors (Lipinski definition) is 2. The lowest BCUT2D eigenvalue weighted by atomic mass is 10.0. The molecule has 2 unspecified atom stereocenters. The van der Waals surface area contributed by atoms with E-state index in [0.29, 0.717) is 12.8 Å². The number of aliphatic hydroxyl groups excluding tert-OH is 1. The van der Waals surface area contributed by atoms with E-state index >= 15 is 0 Å². The summed E-state index contributed by atoms with van der Waals surface area (Å²) < 4.78 is 0. The van der Waals surface area contributed by atoms with Gasteiger partial charge in [0.25, 0.3) is 0 Å². The molecule has 12 heavy (non-hydrogen) atoms. The van der Waals surface area contributed by atoms with Crippen molar-refractivity contribution >= 4 is 6.09 Å². The van der Waals surface area contributed by atoms with Crippen LogP contribution in [0.3, 0.4) is 0 Å². The smallest absolute Gasteiger partial charge is 0.407 e. The molecule has 2 rings (SSSR count). The number of aliphatic hydroxyl groups is 1. The highest BCUT2D eigenvalue weighted by molar-refractivity contribution is 5.66. The highest BCUT2D eigenvalue weighted by Crippen LogP contribution is 2.35. The van der Waals surface area contributed by atoms with Gasteiger partial charge >= 0.3 is 6.09 Å². The van der Waals surface area contributed by atoms with Crippen LogP contribution in [-0.4, -0.2) is 39.4 Å². The van der Waals surface area contributed by atoms with E-state index in [1.54, 1.807) is 0 Å². The van der Waals surface area contributed by atoms with Crippen molar-refractivity contribution in [3.8, 4) is 0 Å². The third-order valence-corrected chi connectivity index (χ3v) is 2.93. The van der Waals surface area contributed by atoms with Gasteiger partial charge in [0.2, 0.25) is 0 Å². The van der Waals surface area contributed by atoms with Crippen LogP contribution in [0.25, 0.3) is 0 Å². The Bertz CT molecular complexity index is 192. The highest BCUT2D eigenvalue weighted by atomic mass is 16.4. The summed E-state index contributed by atoms with van der Waals surface area (Å²) in [6.07, 6.45) is 2.00. The Balaban J connectivity index is 2.14. The molecule has 2 heterocycles. The maximum absolute atomic E-state index is 10.8. The Morgan fingerprint density at radius 3 is 2.17 bits per heavy atom. The summed E-state index contributed by atoms with van der Waals surface area (Å²) in [4.78, 5) is 12.3. The lowest BCUT2D eigenvalue weighted by Gasteiger charge is -2.34. The van der Waals surface area contributed by atoms with Crippen LogP contribution in [0.15, 0.2) is 0 Å². The van der Waals surface area contributed by atoms with Gasteiger partial charge in [-0.25, -0.2) is 4.79 Å². The highest BCUT2D eigenvalue weighted by Gasteiger charge is 2.42. The van der Waals surface area contributed by atoms with Crippen molar-refractivity contribution in [2.45, 2.75) is 43.9 Å². The number of carboxylic acid groups (broad SMARTS) is 1. The molecule has 0 aromatic rings. The van der Waals surface area contributed by atoms with Crippen molar-refractivity contribution in [2.75, 3.05) is 0 Å². The predicted molar refractivity (Wildman–Crippen MR) is 41.9 cm³/mol. The molecule has 2 aliphatic rings. The first-order chi connectivity index (χ1) is 5.68. The Labute approximate surface area is 70.8 Å². The molecule has 0 aliphatic carbocycles. The first kappa shape index (κ1) is 7.86. The fourth-order valence-corrected chi connectivity index (χ4v) is 2.46. The molecule has 0 aromatic carbocycles. The van der Waals surface area contributed by atoms with Gasteiger partial charge in [0.1, 0.15) is 0 Å². The average Bonchev–Trinajstić information content (AvgIpc) is 2.24. The summed E-state index contributed by atoms with van der Waals surface area (Å²) >= 11 is 0. The van der Waals surface area contributed by atoms with Gasteiger partial charge in [-0.2, -0.15) is 0 Å². The molecule has 1 amide bonds. The van der Waals surface area contributed by atoms with E-state index in [4.69, 9.17) is 5.11 Å². The molecule has 4 heteroatoms. The number of rotatable bonds is 0. The molecule has 2 atom stereocenters. The van der Waals surface area contributed by atoms with Gasteiger partial charge in [-0.05, 0) is 25.7 Å². The number of hydrogen-bond donors (Lipinski definition) is 2. The van der Waals surface area contributed by atoms with Crippen LogP contribution in [0.4, 0.5) is 4.79 Å². The van der Waals surface area contributed by atoms with Crippen molar-refractivity contribution in [3.63, 3.8) is 0 Å². The Hall–Kier alpha value is -0.770. The quantitative estimate of drug-likeness (QED) is 0.562. The molecule has 2 fully saturated rings. The third kappa shape index (κ3) is 1.06. The van der Waals surface area contributed by atoms with Crippen molar-refractivity contribution in [1.82, 2.24) is 4.90 Å². The van der Waals surface area contributed by atoms with Crippen LogP contribution in [0.2, 0.25) is 0 Å². The van der Waals surface area contributed by atoms with Crippen LogP contribution < -0.4 is 0 Å². The van der Waals surface area contributed by atoms with E-state index in [0.717, 1.165) is 12.8 Å². The van der Waals surface area contributed by atoms with Gasteiger partial charge in [0.15, 0.2) is 0 Å². The maximum Gasteiger partial charge on any atom is 0.407 e. The van der Waals surface area contributed by atoms with E-state index in [9.17, 15) is 9.90 Å². The Morgan fingerprint density at radius 1 is 1.25 bits per heavy atom. The second kappa shape index (κ2) is 2.62. The Kier molecular flexibility index (Phi) is 1.72. The molecule has 4 nitrogen and oxygen atoms in total. The van der Waals surface area contributed by atoms with Gasteiger partial charge in [-0.1, -0.05) is 0 Å². The van der Waals surface area contributed by atoms with Crippen LogP contribution in [-0.2, 0) is 0 Å². The fraction of sp³-hybridized carbons (Fsp3) is 0.875. The van der Waals surface area contributed by atoms with Crippen LogP contribution in [0, 0.1) is 0 Å². The molecule has 0 radical (unpaired) electrons. The molecule has 2 N–H and O–H groups in total. The van der Waals surface area contributed by atoms with Gasteiger partial charge in [-0.3, -0.25) is 0 Å². The summed E-state index contributed by atoms with van der Waals surface area (Å²) in [5, 5.41) is 18.2. The van der Waals surface area contributed by atoms with Crippen molar-refractivity contribution in [2.24, 2.45) is 0 Å². The minimum absolute atomic E-state index is 0.0799. The minimum Gasteiger partial charge on any atom is -0.465 e. The number of amides is 1. The van der Waals surface area contributed by atoms with Crippen molar-refractivity contribution < 1.29 is 15.0 Å². The summed E-state index contributed by atoms with van der Waals surface area (Å²) in [6, 6.07) is 0.160. The van der Waals surface area contributed by atoms with Crippen LogP contribution >= 0.6 is 0 Å². The van der Waals surface area contributed by atoms with Crippen molar-refractivity contribution in [1.29, 1.82) is 0 Å². The Morgan fingerprint density at radius 2 is 1.75 bits per heavy atom. The average molecular weight is 171 g/mol. The molecule has 2 bridgehead atoms. The lowest BCUT2D eigenvalue weighted by molar-refractivity contribution is 0.0382. The van der Waals surface area contributed by atoms with Gasteiger partial charge in [0, 0.05) is 12.1 Å². The van der Waals surface area contributed by atoms with E-state index in [-0.39, 0.29) is 18.2 Å². The van der Waals surface area contributed by atoms with Crippen LogP contribution in [0.1, 0.15) is 25.7 Å². The van der Waals surface area contributed by atoms with Gasteiger partial charge in [0.05, 0.1) is 6.10 Å². The molecular weight excluding hydrogens is 158 g/mol. The fourth-order valence-electron chi connectivity index (χ4n) is 2.46. The lowest BCUT2D eigenvalue weighted by Crippen LogP contribution is -2.47. The van der Waals surface area contributed by atoms with E-state index in [2.05, 4.69) is 0 Å². The summed E-state index contributed by atoms with van der Waals surface area (Å²) in [5.74, 6) is 0. The van der Waals surface area contributed by atoms with Crippen LogP contribution in [0.5, 0.6) is 0 Å². The topological polar surface area (TPSA) is 60.8 Å². The molecule has 0 aromatic heterocycles. The maximum atomic E-state index is 10.8. The third-order valence-electron chi connectivity index (χ3n) is 2.93. The van der Waals surface area contributed by atoms with Crippen molar-refractivity contribution in [3.05, 3.63) is 0 Å². The first-order valence-electron chi connectivity index (χ1n) is 4.38. The van der Waals surface area contributed by atoms with E-state index in [1.165, 1.54) is 4.90 Å². The molecule has 2 aliphatic heterocycles. The SMILES string of the molecule is O=C(O)N1C2CCC1CC(O)C2. The standard InChI is InChI=1S/C8H13NO3/c10-7-3-5-1-2-6(4-7)9(5)8(11)12/h5-7,10H,1-4H2,(H,11,12). The largest absolute Gasteiger partial charge is 0.465 e. The second-order valence-corrected chi connectivity index (χ2v) is 3.70. The zero-order valence-electron chi connectivity index (χ0n) is 6.81. The van der Waals surface area contributed by atoms with Gasteiger partial charge < -0.3 is 15.1 Å². The molecule has 0 saturated carbocycles. The van der Waals surface area contributed by atoms with E-state index in [1.807, 2.05) is 0 Å². The number of fused-ring (bicyclic) bond motifs is 2. The summed E-state index contributed by atoms with van der Waals surface area (Å²) in [5.41, 5.74) is 0. The molecule has 2 saturated heterocycles. The second-order valence-electron chi connectivity index (χ2n) is 3.70. The molecule has 68 valence electrons. The predicted octanol–water partition coefficient (Wildman–Crippen LogP) is 0.652. The monoisotopic (exact) mass is 171 g/mol. The van der Waals surface area contributed by atoms with Gasteiger partial charge in [-0.15, -0.1) is 0 Å². The minimum atomic E-state index is -0.825. The number of carbonyl (C=O) groups is 1. The van der Waals surface area contributed by atoms with E-state index < -0.39 is 6.09 Å². The zero-order valence-corrected chi connectivity index (χ0v) is 6.81. The number of nitrogens with zero attached hydrogens (tertiary/aromatic N) is 1. The normalized spacial score (nSPS) is 40.1. The molecule has 0 spiro atoms. The summed E-state index contributed by atoms with van der Waals surface area (Å²) in [7, 11) is 0. The first-order valence-corrected chi connectivity index (χ1v) is 4.38. The molecular formula is C8H13NO3.